The van der Waals surface area contributed by atoms with Gasteiger partial charge in [-0.2, -0.15) is 5.26 Å². The summed E-state index contributed by atoms with van der Waals surface area (Å²) in [6, 6.07) is 12.1. The number of carbonyl (C=O) groups excluding carboxylic acids is 1. The fraction of sp³-hybridized carbons (Fsp3) is 0.0714. The summed E-state index contributed by atoms with van der Waals surface area (Å²) < 4.78 is 0. The van der Waals surface area contributed by atoms with E-state index in [0.717, 1.165) is 5.56 Å². The lowest BCUT2D eigenvalue weighted by Gasteiger charge is -2.04. The average molecular weight is 237 g/mol. The summed E-state index contributed by atoms with van der Waals surface area (Å²) in [5.74, 6) is 0.269. The van der Waals surface area contributed by atoms with Gasteiger partial charge in [0.15, 0.2) is 0 Å². The van der Waals surface area contributed by atoms with E-state index in [0.29, 0.717) is 16.9 Å². The molecule has 1 N–H and O–H groups in total. The van der Waals surface area contributed by atoms with Crippen molar-refractivity contribution in [2.45, 2.75) is 6.92 Å². The molecule has 0 fully saturated rings. The van der Waals surface area contributed by atoms with Gasteiger partial charge in [-0.3, -0.25) is 4.79 Å². The summed E-state index contributed by atoms with van der Waals surface area (Å²) in [5.41, 5.74) is 2.06. The van der Waals surface area contributed by atoms with Gasteiger partial charge in [-0.1, -0.05) is 6.07 Å². The van der Waals surface area contributed by atoms with Crippen LogP contribution < -0.4 is 5.32 Å². The lowest BCUT2D eigenvalue weighted by atomic mass is 10.1. The van der Waals surface area contributed by atoms with E-state index >= 15 is 0 Å². The first-order valence-corrected chi connectivity index (χ1v) is 5.43. The number of nitrogens with zero attached hydrogens (tertiary/aromatic N) is 2. The van der Waals surface area contributed by atoms with Crippen molar-refractivity contribution in [3.05, 3.63) is 59.3 Å². The Hall–Kier alpha value is -2.67. The Kier molecular flexibility index (Phi) is 3.35. The Morgan fingerprint density at radius 3 is 2.50 bits per heavy atom. The van der Waals surface area contributed by atoms with Crippen molar-refractivity contribution in [1.29, 1.82) is 5.26 Å². The second-order valence-corrected chi connectivity index (χ2v) is 3.86. The van der Waals surface area contributed by atoms with Crippen molar-refractivity contribution in [2.24, 2.45) is 0 Å². The second-order valence-electron chi connectivity index (χ2n) is 3.86. The van der Waals surface area contributed by atoms with E-state index in [-0.39, 0.29) is 5.91 Å². The molecule has 0 saturated heterocycles. The summed E-state index contributed by atoms with van der Waals surface area (Å²) in [6.07, 6.45) is 1.69. The molecule has 0 radical (unpaired) electrons. The van der Waals surface area contributed by atoms with Crippen LogP contribution in [0.3, 0.4) is 0 Å². The highest BCUT2D eigenvalue weighted by Gasteiger charge is 2.06. The van der Waals surface area contributed by atoms with Gasteiger partial charge in [0.25, 0.3) is 5.91 Å². The molecule has 4 heteroatoms. The van der Waals surface area contributed by atoms with Gasteiger partial charge in [0.1, 0.15) is 5.82 Å². The highest BCUT2D eigenvalue weighted by molar-refractivity contribution is 6.03. The van der Waals surface area contributed by atoms with E-state index in [2.05, 4.69) is 10.3 Å². The minimum atomic E-state index is -0.240. The monoisotopic (exact) mass is 237 g/mol. The van der Waals surface area contributed by atoms with Gasteiger partial charge >= 0.3 is 0 Å². The molecule has 0 aliphatic rings. The molecular formula is C14H11N3O. The Bertz CT molecular complexity index is 594. The van der Waals surface area contributed by atoms with E-state index < -0.39 is 0 Å². The normalized spacial score (nSPS) is 9.56. The molecule has 0 atom stereocenters. The molecule has 1 amide bonds. The SMILES string of the molecule is Cc1ccc(NC(=O)c2ccc(C#N)cc2)nc1. The molecular weight excluding hydrogens is 226 g/mol. The summed E-state index contributed by atoms with van der Waals surface area (Å²) in [4.78, 5) is 16.0. The third-order valence-electron chi connectivity index (χ3n) is 2.43. The number of benzene rings is 1. The van der Waals surface area contributed by atoms with Gasteiger partial charge in [-0.15, -0.1) is 0 Å². The van der Waals surface area contributed by atoms with Crippen molar-refractivity contribution in [2.75, 3.05) is 5.32 Å². The smallest absolute Gasteiger partial charge is 0.256 e. The van der Waals surface area contributed by atoms with Crippen molar-refractivity contribution < 1.29 is 4.79 Å². The zero-order valence-corrected chi connectivity index (χ0v) is 9.84. The third-order valence-corrected chi connectivity index (χ3v) is 2.43. The molecule has 4 nitrogen and oxygen atoms in total. The first kappa shape index (κ1) is 11.8. The lowest BCUT2D eigenvalue weighted by Crippen LogP contribution is -2.12. The van der Waals surface area contributed by atoms with E-state index in [1.807, 2.05) is 19.1 Å². The molecule has 0 bridgehead atoms. The summed E-state index contributed by atoms with van der Waals surface area (Å²) in [5, 5.41) is 11.4. The number of carbonyl (C=O) groups is 1. The van der Waals surface area contributed by atoms with Gasteiger partial charge in [-0.25, -0.2) is 4.98 Å². The number of anilines is 1. The summed E-state index contributed by atoms with van der Waals surface area (Å²) in [7, 11) is 0. The molecule has 1 aromatic heterocycles. The molecule has 1 heterocycles. The minimum Gasteiger partial charge on any atom is -0.307 e. The molecule has 2 aromatic rings. The zero-order chi connectivity index (χ0) is 13.0. The highest BCUT2D eigenvalue weighted by Crippen LogP contribution is 2.08. The zero-order valence-electron chi connectivity index (χ0n) is 9.84. The number of rotatable bonds is 2. The maximum absolute atomic E-state index is 11.9. The van der Waals surface area contributed by atoms with E-state index in [4.69, 9.17) is 5.26 Å². The fourth-order valence-electron chi connectivity index (χ4n) is 1.43. The van der Waals surface area contributed by atoms with Crippen molar-refractivity contribution in [3.8, 4) is 6.07 Å². The molecule has 88 valence electrons. The predicted octanol–water partition coefficient (Wildman–Crippen LogP) is 2.51. The van der Waals surface area contributed by atoms with Gasteiger partial charge < -0.3 is 5.32 Å². The maximum atomic E-state index is 11.9. The number of hydrogen-bond acceptors (Lipinski definition) is 3. The quantitative estimate of drug-likeness (QED) is 0.872. The Morgan fingerprint density at radius 1 is 1.22 bits per heavy atom. The highest BCUT2D eigenvalue weighted by atomic mass is 16.1. The van der Waals surface area contributed by atoms with Crippen LogP contribution in [0.15, 0.2) is 42.6 Å². The topological polar surface area (TPSA) is 65.8 Å². The van der Waals surface area contributed by atoms with Crippen LogP contribution in [0.1, 0.15) is 21.5 Å². The van der Waals surface area contributed by atoms with E-state index in [1.54, 1.807) is 36.5 Å². The molecule has 0 unspecified atom stereocenters. The van der Waals surface area contributed by atoms with Gasteiger partial charge in [0.05, 0.1) is 11.6 Å². The van der Waals surface area contributed by atoms with Crippen molar-refractivity contribution in [1.82, 2.24) is 4.98 Å². The molecule has 18 heavy (non-hydrogen) atoms. The Labute approximate surface area is 105 Å². The first-order valence-electron chi connectivity index (χ1n) is 5.43. The molecule has 0 spiro atoms. The number of nitrogens with one attached hydrogen (secondary N) is 1. The largest absolute Gasteiger partial charge is 0.307 e. The fourth-order valence-corrected chi connectivity index (χ4v) is 1.43. The van der Waals surface area contributed by atoms with Crippen LogP contribution in [0.2, 0.25) is 0 Å². The van der Waals surface area contributed by atoms with Crippen LogP contribution >= 0.6 is 0 Å². The summed E-state index contributed by atoms with van der Waals surface area (Å²) >= 11 is 0. The van der Waals surface area contributed by atoms with Crippen LogP contribution in [0.5, 0.6) is 0 Å². The van der Waals surface area contributed by atoms with Crippen LogP contribution in [-0.4, -0.2) is 10.9 Å². The average Bonchev–Trinajstić information content (AvgIpc) is 2.41. The number of aromatic nitrogens is 1. The third kappa shape index (κ3) is 2.71. The predicted molar refractivity (Wildman–Crippen MR) is 68.1 cm³/mol. The van der Waals surface area contributed by atoms with Crippen LogP contribution in [-0.2, 0) is 0 Å². The van der Waals surface area contributed by atoms with Crippen LogP contribution in [0.4, 0.5) is 5.82 Å². The maximum Gasteiger partial charge on any atom is 0.256 e. The minimum absolute atomic E-state index is 0.240. The molecule has 0 aliphatic carbocycles. The van der Waals surface area contributed by atoms with Gasteiger partial charge in [-0.05, 0) is 42.8 Å². The van der Waals surface area contributed by atoms with E-state index in [9.17, 15) is 4.79 Å². The van der Waals surface area contributed by atoms with Crippen molar-refractivity contribution in [3.63, 3.8) is 0 Å². The van der Waals surface area contributed by atoms with E-state index in [1.165, 1.54) is 0 Å². The van der Waals surface area contributed by atoms with Crippen LogP contribution in [0.25, 0.3) is 0 Å². The number of hydrogen-bond donors (Lipinski definition) is 1. The second kappa shape index (κ2) is 5.11. The van der Waals surface area contributed by atoms with Crippen molar-refractivity contribution >= 4 is 11.7 Å². The molecule has 1 aromatic carbocycles. The molecule has 2 rings (SSSR count). The number of aryl methyl sites for hydroxylation is 1. The molecule has 0 saturated carbocycles. The standard InChI is InChI=1S/C14H11N3O/c1-10-2-7-13(16-9-10)17-14(18)12-5-3-11(8-15)4-6-12/h2-7,9H,1H3,(H,16,17,18). The number of amides is 1. The lowest BCUT2D eigenvalue weighted by molar-refractivity contribution is 0.102. The van der Waals surface area contributed by atoms with Gasteiger partial charge in [0.2, 0.25) is 0 Å². The Morgan fingerprint density at radius 2 is 1.94 bits per heavy atom. The number of nitriles is 1. The van der Waals surface area contributed by atoms with Crippen LogP contribution in [0, 0.1) is 18.3 Å². The van der Waals surface area contributed by atoms with Gasteiger partial charge in [0, 0.05) is 11.8 Å². The Balaban J connectivity index is 2.12. The first-order chi connectivity index (χ1) is 8.69. The summed E-state index contributed by atoms with van der Waals surface area (Å²) in [6.45, 7) is 1.93. The molecule has 0 aliphatic heterocycles. The number of pyridine rings is 1.